The molecule has 0 heterocycles. The van der Waals surface area contributed by atoms with Crippen molar-refractivity contribution in [2.45, 2.75) is 52.0 Å². The number of benzene rings is 2. The zero-order valence-electron chi connectivity index (χ0n) is 22.3. The molecule has 0 aliphatic rings. The Morgan fingerprint density at radius 3 is 2.11 bits per heavy atom. The normalized spacial score (nSPS) is 13.2. The number of carbonyl (C=O) groups is 3. The summed E-state index contributed by atoms with van der Waals surface area (Å²) < 4.78 is 0. The van der Waals surface area contributed by atoms with E-state index in [0.717, 1.165) is 17.5 Å². The number of carbonyl (C=O) groups excluding carboxylic acids is 3. The number of hydrogen-bond donors (Lipinski definition) is 6. The van der Waals surface area contributed by atoms with E-state index in [1.807, 2.05) is 44.2 Å². The van der Waals surface area contributed by atoms with E-state index in [1.165, 1.54) is 7.05 Å². The maximum atomic E-state index is 13.6. The van der Waals surface area contributed by atoms with Gasteiger partial charge >= 0.3 is 0 Å². The van der Waals surface area contributed by atoms with Gasteiger partial charge in [0.05, 0.1) is 11.6 Å². The molecule has 38 heavy (non-hydrogen) atoms. The SMILES string of the molecule is CNC(=O)[C@H](Cc1ccc(N=C(N)N)cc1)NC(=O)[C@H](CC(C)C)[C@@H](CCCc1ccccc1)C(=O)NO. The summed E-state index contributed by atoms with van der Waals surface area (Å²) in [5, 5.41) is 14.9. The van der Waals surface area contributed by atoms with Crippen molar-refractivity contribution in [1.82, 2.24) is 16.1 Å². The first kappa shape index (κ1) is 30.3. The summed E-state index contributed by atoms with van der Waals surface area (Å²) in [5.41, 5.74) is 15.1. The number of aryl methyl sites for hydroxylation is 1. The molecule has 0 unspecified atom stereocenters. The molecule has 10 heteroatoms. The van der Waals surface area contributed by atoms with E-state index in [2.05, 4.69) is 15.6 Å². The van der Waals surface area contributed by atoms with Gasteiger partial charge in [-0.15, -0.1) is 0 Å². The summed E-state index contributed by atoms with van der Waals surface area (Å²) in [4.78, 5) is 43.0. The highest BCUT2D eigenvalue weighted by atomic mass is 16.5. The zero-order chi connectivity index (χ0) is 28.1. The number of nitrogens with one attached hydrogen (secondary N) is 3. The van der Waals surface area contributed by atoms with Crippen molar-refractivity contribution in [2.24, 2.45) is 34.2 Å². The maximum absolute atomic E-state index is 13.6. The summed E-state index contributed by atoms with van der Waals surface area (Å²) in [7, 11) is 1.50. The topological polar surface area (TPSA) is 172 Å². The summed E-state index contributed by atoms with van der Waals surface area (Å²) in [5.74, 6) is -2.81. The van der Waals surface area contributed by atoms with Crippen LogP contribution in [0, 0.1) is 17.8 Å². The van der Waals surface area contributed by atoms with E-state index in [4.69, 9.17) is 11.5 Å². The van der Waals surface area contributed by atoms with Gasteiger partial charge in [0.15, 0.2) is 5.96 Å². The number of amides is 3. The summed E-state index contributed by atoms with van der Waals surface area (Å²) in [6.07, 6.45) is 2.45. The van der Waals surface area contributed by atoms with Crippen LogP contribution in [0.3, 0.4) is 0 Å². The molecule has 0 spiro atoms. The van der Waals surface area contributed by atoms with Crippen molar-refractivity contribution in [2.75, 3.05) is 7.05 Å². The Morgan fingerprint density at radius 2 is 1.55 bits per heavy atom. The van der Waals surface area contributed by atoms with Crippen molar-refractivity contribution in [3.8, 4) is 0 Å². The van der Waals surface area contributed by atoms with Gasteiger partial charge in [0.25, 0.3) is 0 Å². The molecule has 10 nitrogen and oxygen atoms in total. The molecule has 3 amide bonds. The molecule has 0 radical (unpaired) electrons. The highest BCUT2D eigenvalue weighted by Crippen LogP contribution is 2.27. The van der Waals surface area contributed by atoms with E-state index in [9.17, 15) is 19.6 Å². The molecule has 0 saturated heterocycles. The number of rotatable bonds is 14. The van der Waals surface area contributed by atoms with Crippen LogP contribution >= 0.6 is 0 Å². The van der Waals surface area contributed by atoms with E-state index >= 15 is 0 Å². The lowest BCUT2D eigenvalue weighted by molar-refractivity contribution is -0.142. The Bertz CT molecular complexity index is 1070. The largest absolute Gasteiger partial charge is 0.370 e. The summed E-state index contributed by atoms with van der Waals surface area (Å²) >= 11 is 0. The molecule has 206 valence electrons. The zero-order valence-corrected chi connectivity index (χ0v) is 22.3. The molecule has 2 aromatic carbocycles. The van der Waals surface area contributed by atoms with Crippen LogP contribution in [0.4, 0.5) is 5.69 Å². The van der Waals surface area contributed by atoms with Gasteiger partial charge in [0.1, 0.15) is 6.04 Å². The second-order valence-corrected chi connectivity index (χ2v) is 9.78. The Balaban J connectivity index is 2.21. The lowest BCUT2D eigenvalue weighted by atomic mass is 9.80. The number of likely N-dealkylation sites (N-methyl/N-ethyl adjacent to an activating group) is 1. The molecule has 2 rings (SSSR count). The Labute approximate surface area is 224 Å². The third-order valence-corrected chi connectivity index (χ3v) is 6.33. The highest BCUT2D eigenvalue weighted by Gasteiger charge is 2.35. The molecule has 0 bridgehead atoms. The van der Waals surface area contributed by atoms with Gasteiger partial charge in [-0.1, -0.05) is 56.3 Å². The van der Waals surface area contributed by atoms with Crippen molar-refractivity contribution in [3.63, 3.8) is 0 Å². The lowest BCUT2D eigenvalue weighted by Gasteiger charge is -2.28. The van der Waals surface area contributed by atoms with Gasteiger partial charge in [-0.05, 0) is 54.9 Å². The molecular formula is C28H40N6O4. The molecule has 0 aliphatic heterocycles. The van der Waals surface area contributed by atoms with Crippen LogP contribution in [0.25, 0.3) is 0 Å². The lowest BCUT2D eigenvalue weighted by Crippen LogP contribution is -2.51. The van der Waals surface area contributed by atoms with Crippen molar-refractivity contribution in [1.29, 1.82) is 0 Å². The number of hydroxylamine groups is 1. The van der Waals surface area contributed by atoms with Gasteiger partial charge < -0.3 is 22.1 Å². The predicted octanol–water partition coefficient (Wildman–Crippen LogP) is 2.17. The minimum Gasteiger partial charge on any atom is -0.370 e. The molecule has 8 N–H and O–H groups in total. The Morgan fingerprint density at radius 1 is 0.895 bits per heavy atom. The third kappa shape index (κ3) is 9.85. The van der Waals surface area contributed by atoms with Gasteiger partial charge in [-0.3, -0.25) is 19.6 Å². The van der Waals surface area contributed by atoms with Crippen LogP contribution in [0.15, 0.2) is 59.6 Å². The molecule has 3 atom stereocenters. The van der Waals surface area contributed by atoms with Crippen LogP contribution in [-0.2, 0) is 27.2 Å². The predicted molar refractivity (Wildman–Crippen MR) is 147 cm³/mol. The van der Waals surface area contributed by atoms with Gasteiger partial charge in [0, 0.05) is 19.4 Å². The number of aliphatic imine (C=N–C) groups is 1. The summed E-state index contributed by atoms with van der Waals surface area (Å²) in [6, 6.07) is 16.0. The van der Waals surface area contributed by atoms with Gasteiger partial charge in [-0.25, -0.2) is 10.5 Å². The molecule has 0 aromatic heterocycles. The van der Waals surface area contributed by atoms with E-state index in [1.54, 1.807) is 29.7 Å². The minimum absolute atomic E-state index is 0.0605. The maximum Gasteiger partial charge on any atom is 0.247 e. The van der Waals surface area contributed by atoms with Gasteiger partial charge in [0.2, 0.25) is 17.7 Å². The first-order valence-corrected chi connectivity index (χ1v) is 12.8. The fraction of sp³-hybridized carbons (Fsp3) is 0.429. The number of hydrogen-bond acceptors (Lipinski definition) is 5. The molecular weight excluding hydrogens is 484 g/mol. The fourth-order valence-corrected chi connectivity index (χ4v) is 4.48. The quantitative estimate of drug-likeness (QED) is 0.0956. The van der Waals surface area contributed by atoms with E-state index in [0.29, 0.717) is 24.9 Å². The summed E-state index contributed by atoms with van der Waals surface area (Å²) in [6.45, 7) is 3.93. The van der Waals surface area contributed by atoms with Crippen LogP contribution in [-0.4, -0.2) is 42.0 Å². The second-order valence-electron chi connectivity index (χ2n) is 9.78. The van der Waals surface area contributed by atoms with Crippen molar-refractivity contribution in [3.05, 3.63) is 65.7 Å². The average Bonchev–Trinajstić information content (AvgIpc) is 2.90. The molecule has 0 saturated carbocycles. The minimum atomic E-state index is -0.863. The monoisotopic (exact) mass is 524 g/mol. The Kier molecular flexibility index (Phi) is 12.2. The highest BCUT2D eigenvalue weighted by molar-refractivity contribution is 5.91. The second kappa shape index (κ2) is 15.4. The van der Waals surface area contributed by atoms with Crippen LogP contribution in [0.1, 0.15) is 44.2 Å². The van der Waals surface area contributed by atoms with E-state index in [-0.39, 0.29) is 24.2 Å². The van der Waals surface area contributed by atoms with E-state index < -0.39 is 29.7 Å². The first-order chi connectivity index (χ1) is 18.1. The standard InChI is InChI=1S/C28H40N6O4/c1-18(2)16-23(22(26(36)34-38)11-7-10-19-8-5-4-6-9-19)25(35)33-24(27(37)31-3)17-20-12-14-21(15-13-20)32-28(29)30/h4-6,8-9,12-15,18,22-24,38H,7,10-11,16-17H2,1-3H3,(H,31,37)(H,33,35)(H,34,36)(H4,29,30,32)/t22-,23-,24+/m1/s1. The molecule has 0 fully saturated rings. The van der Waals surface area contributed by atoms with Gasteiger partial charge in [-0.2, -0.15) is 0 Å². The third-order valence-electron chi connectivity index (χ3n) is 6.33. The average molecular weight is 525 g/mol. The number of guanidine groups is 1. The Hall–Kier alpha value is -3.92. The van der Waals surface area contributed by atoms with Crippen LogP contribution in [0.5, 0.6) is 0 Å². The first-order valence-electron chi connectivity index (χ1n) is 12.8. The van der Waals surface area contributed by atoms with Crippen LogP contribution < -0.4 is 27.6 Å². The number of nitrogens with zero attached hydrogens (tertiary/aromatic N) is 1. The van der Waals surface area contributed by atoms with Crippen LogP contribution in [0.2, 0.25) is 0 Å². The molecule has 0 aliphatic carbocycles. The fourth-order valence-electron chi connectivity index (χ4n) is 4.48. The number of nitrogens with two attached hydrogens (primary N) is 2. The van der Waals surface area contributed by atoms with Crippen molar-refractivity contribution < 1.29 is 19.6 Å². The molecule has 2 aromatic rings. The van der Waals surface area contributed by atoms with Crippen molar-refractivity contribution >= 4 is 29.4 Å². The smallest absolute Gasteiger partial charge is 0.247 e.